The van der Waals surface area contributed by atoms with Crippen molar-refractivity contribution in [2.24, 2.45) is 0 Å². The second-order valence-electron chi connectivity index (χ2n) is 2.73. The molecule has 76 valence electrons. The summed E-state index contributed by atoms with van der Waals surface area (Å²) in [5.41, 5.74) is 6.94. The second-order valence-corrected chi connectivity index (χ2v) is 4.49. The molecule has 0 spiro atoms. The highest BCUT2D eigenvalue weighted by Gasteiger charge is 2.12. The van der Waals surface area contributed by atoms with Gasteiger partial charge in [-0.3, -0.25) is 4.79 Å². The zero-order valence-corrected chi connectivity index (χ0v) is 10.5. The minimum absolute atomic E-state index is 0.0772. The predicted octanol–water partition coefficient (Wildman–Crippen LogP) is 2.37. The van der Waals surface area contributed by atoms with Crippen LogP contribution in [0, 0.1) is 0 Å². The molecule has 1 atom stereocenters. The normalized spacial score (nSPS) is 12.1. The Balaban J connectivity index is 2.60. The van der Waals surface area contributed by atoms with Crippen LogP contribution in [0.5, 0.6) is 0 Å². The third-order valence-corrected chi connectivity index (χ3v) is 3.85. The molecule has 3 N–H and O–H groups in total. The van der Waals surface area contributed by atoms with Crippen LogP contribution in [0.3, 0.4) is 0 Å². The Morgan fingerprint density at radius 1 is 1.43 bits per heavy atom. The van der Waals surface area contributed by atoms with Crippen LogP contribution in [0.25, 0.3) is 0 Å². The zero-order valence-electron chi connectivity index (χ0n) is 7.34. The SMILES string of the molecule is Nc1ccc(NC(=O)C(Br)CBr)cc1. The lowest BCUT2D eigenvalue weighted by Crippen LogP contribution is -2.23. The number of hydrogen-bond acceptors (Lipinski definition) is 2. The summed E-state index contributed by atoms with van der Waals surface area (Å²) < 4.78 is 0. The van der Waals surface area contributed by atoms with E-state index in [1.807, 2.05) is 0 Å². The van der Waals surface area contributed by atoms with Gasteiger partial charge in [0.1, 0.15) is 4.83 Å². The number of anilines is 2. The van der Waals surface area contributed by atoms with Crippen LogP contribution in [-0.2, 0) is 4.79 Å². The van der Waals surface area contributed by atoms with E-state index in [1.165, 1.54) is 0 Å². The van der Waals surface area contributed by atoms with Crippen LogP contribution in [0.1, 0.15) is 0 Å². The maximum Gasteiger partial charge on any atom is 0.239 e. The molecule has 0 aromatic heterocycles. The van der Waals surface area contributed by atoms with Crippen LogP contribution >= 0.6 is 31.9 Å². The third-order valence-electron chi connectivity index (χ3n) is 1.60. The molecule has 5 heteroatoms. The molecule has 0 bridgehead atoms. The molecule has 1 aromatic rings. The highest BCUT2D eigenvalue weighted by atomic mass is 79.9. The van der Waals surface area contributed by atoms with Crippen molar-refractivity contribution >= 4 is 49.1 Å². The molecule has 14 heavy (non-hydrogen) atoms. The summed E-state index contributed by atoms with van der Waals surface area (Å²) in [7, 11) is 0. The van der Waals surface area contributed by atoms with Crippen molar-refractivity contribution < 1.29 is 4.79 Å². The van der Waals surface area contributed by atoms with Gasteiger partial charge in [0.15, 0.2) is 0 Å². The molecule has 1 rings (SSSR count). The standard InChI is InChI=1S/C9H10Br2N2O/c10-5-8(11)9(14)13-7-3-1-6(12)2-4-7/h1-4,8H,5,12H2,(H,13,14). The Labute approximate surface area is 99.3 Å². The van der Waals surface area contributed by atoms with Crippen LogP contribution < -0.4 is 11.1 Å². The van der Waals surface area contributed by atoms with Gasteiger partial charge >= 0.3 is 0 Å². The molecular weight excluding hydrogens is 312 g/mol. The van der Waals surface area contributed by atoms with Crippen molar-refractivity contribution in [1.29, 1.82) is 0 Å². The molecule has 0 saturated carbocycles. The minimum Gasteiger partial charge on any atom is -0.399 e. The number of nitrogen functional groups attached to an aromatic ring is 1. The van der Waals surface area contributed by atoms with Gasteiger partial charge < -0.3 is 11.1 Å². The van der Waals surface area contributed by atoms with Crippen molar-refractivity contribution in [2.75, 3.05) is 16.4 Å². The molecule has 3 nitrogen and oxygen atoms in total. The number of carbonyl (C=O) groups excluding carboxylic acids is 1. The van der Waals surface area contributed by atoms with Gasteiger partial charge in [-0.1, -0.05) is 31.9 Å². The number of hydrogen-bond donors (Lipinski definition) is 2. The Kier molecular flexibility index (Phi) is 4.41. The molecule has 0 heterocycles. The van der Waals surface area contributed by atoms with E-state index >= 15 is 0 Å². The molecular formula is C9H10Br2N2O. The van der Waals surface area contributed by atoms with Gasteiger partial charge in [-0.25, -0.2) is 0 Å². The van der Waals surface area contributed by atoms with E-state index in [0.29, 0.717) is 11.0 Å². The molecule has 1 amide bonds. The first-order valence-electron chi connectivity index (χ1n) is 4.00. The molecule has 0 fully saturated rings. The molecule has 0 aliphatic heterocycles. The Bertz CT molecular complexity index is 313. The highest BCUT2D eigenvalue weighted by molar-refractivity contribution is 9.12. The number of rotatable bonds is 3. The number of nitrogens with two attached hydrogens (primary N) is 1. The Morgan fingerprint density at radius 2 is 2.00 bits per heavy atom. The van der Waals surface area contributed by atoms with Gasteiger partial charge in [0.25, 0.3) is 0 Å². The first kappa shape index (κ1) is 11.5. The van der Waals surface area contributed by atoms with E-state index in [2.05, 4.69) is 37.2 Å². The fourth-order valence-electron chi connectivity index (χ4n) is 0.857. The van der Waals surface area contributed by atoms with Gasteiger partial charge in [0.2, 0.25) is 5.91 Å². The zero-order chi connectivity index (χ0) is 10.6. The summed E-state index contributed by atoms with van der Waals surface area (Å²) in [5, 5.41) is 3.33. The summed E-state index contributed by atoms with van der Waals surface area (Å²) >= 11 is 6.44. The summed E-state index contributed by atoms with van der Waals surface area (Å²) in [6.07, 6.45) is 0. The van der Waals surface area contributed by atoms with Crippen LogP contribution in [-0.4, -0.2) is 16.1 Å². The number of nitrogens with one attached hydrogen (secondary N) is 1. The van der Waals surface area contributed by atoms with Crippen LogP contribution in [0.4, 0.5) is 11.4 Å². The van der Waals surface area contributed by atoms with E-state index in [-0.39, 0.29) is 10.7 Å². The van der Waals surface area contributed by atoms with E-state index in [4.69, 9.17) is 5.73 Å². The van der Waals surface area contributed by atoms with Crippen molar-refractivity contribution in [2.45, 2.75) is 4.83 Å². The van der Waals surface area contributed by atoms with Crippen LogP contribution in [0.15, 0.2) is 24.3 Å². The lowest BCUT2D eigenvalue weighted by Gasteiger charge is -2.07. The molecule has 0 aliphatic rings. The summed E-state index contributed by atoms with van der Waals surface area (Å²) in [5.74, 6) is -0.0772. The van der Waals surface area contributed by atoms with Gasteiger partial charge in [0.05, 0.1) is 0 Å². The Hall–Kier alpha value is -0.550. The lowest BCUT2D eigenvalue weighted by atomic mass is 10.3. The second kappa shape index (κ2) is 5.36. The largest absolute Gasteiger partial charge is 0.399 e. The first-order valence-corrected chi connectivity index (χ1v) is 6.03. The maximum atomic E-state index is 11.4. The highest BCUT2D eigenvalue weighted by Crippen LogP contribution is 2.12. The van der Waals surface area contributed by atoms with Gasteiger partial charge in [-0.05, 0) is 24.3 Å². The van der Waals surface area contributed by atoms with Gasteiger partial charge in [-0.15, -0.1) is 0 Å². The maximum absolute atomic E-state index is 11.4. The fourth-order valence-corrected chi connectivity index (χ4v) is 1.27. The van der Waals surface area contributed by atoms with E-state index < -0.39 is 0 Å². The summed E-state index contributed by atoms with van der Waals surface area (Å²) in [6.45, 7) is 0. The number of alkyl halides is 2. The molecule has 1 aromatic carbocycles. The monoisotopic (exact) mass is 320 g/mol. The van der Waals surface area contributed by atoms with E-state index in [0.717, 1.165) is 5.69 Å². The third kappa shape index (κ3) is 3.31. The number of benzene rings is 1. The topological polar surface area (TPSA) is 55.1 Å². The molecule has 0 radical (unpaired) electrons. The fraction of sp³-hybridized carbons (Fsp3) is 0.222. The molecule has 0 aliphatic carbocycles. The van der Waals surface area contributed by atoms with Crippen molar-refractivity contribution in [1.82, 2.24) is 0 Å². The van der Waals surface area contributed by atoms with Gasteiger partial charge in [0, 0.05) is 16.7 Å². The average molecular weight is 322 g/mol. The molecule has 1 unspecified atom stereocenters. The number of halogens is 2. The number of amides is 1. The molecule has 0 saturated heterocycles. The smallest absolute Gasteiger partial charge is 0.239 e. The quantitative estimate of drug-likeness (QED) is 0.663. The minimum atomic E-state index is -0.222. The first-order chi connectivity index (χ1) is 6.63. The van der Waals surface area contributed by atoms with Gasteiger partial charge in [-0.2, -0.15) is 0 Å². The van der Waals surface area contributed by atoms with Crippen molar-refractivity contribution in [3.8, 4) is 0 Å². The predicted molar refractivity (Wildman–Crippen MR) is 66.0 cm³/mol. The van der Waals surface area contributed by atoms with Crippen molar-refractivity contribution in [3.63, 3.8) is 0 Å². The summed E-state index contributed by atoms with van der Waals surface area (Å²) in [4.78, 5) is 11.2. The Morgan fingerprint density at radius 3 is 2.50 bits per heavy atom. The van der Waals surface area contributed by atoms with Crippen molar-refractivity contribution in [3.05, 3.63) is 24.3 Å². The van der Waals surface area contributed by atoms with E-state index in [1.54, 1.807) is 24.3 Å². The summed E-state index contributed by atoms with van der Waals surface area (Å²) in [6, 6.07) is 7.02. The average Bonchev–Trinajstić information content (AvgIpc) is 2.20. The van der Waals surface area contributed by atoms with Crippen LogP contribution in [0.2, 0.25) is 0 Å². The van der Waals surface area contributed by atoms with E-state index in [9.17, 15) is 4.79 Å². The number of carbonyl (C=O) groups is 1. The lowest BCUT2D eigenvalue weighted by molar-refractivity contribution is -0.115.